The lowest BCUT2D eigenvalue weighted by molar-refractivity contribution is 1.11. The summed E-state index contributed by atoms with van der Waals surface area (Å²) >= 11 is 0. The van der Waals surface area contributed by atoms with Crippen LogP contribution >= 0.6 is 0 Å². The molecule has 16 heavy (non-hydrogen) atoms. The van der Waals surface area contributed by atoms with E-state index in [0.717, 1.165) is 5.69 Å². The number of hydrogen-bond acceptors (Lipinski definition) is 5. The van der Waals surface area contributed by atoms with Gasteiger partial charge in [0, 0.05) is 11.4 Å². The van der Waals surface area contributed by atoms with Crippen LogP contribution in [0.1, 0.15) is 5.82 Å². The standard InChI is InChI=1S/C11H9N5/c12-5-11-14-6-10(7-15-11)16-9-3-1-2-8(13)4-9/h1-4,6-7,16H,13H2. The normalized spacial score (nSPS) is 9.44. The number of aromatic nitrogens is 2. The van der Waals surface area contributed by atoms with Gasteiger partial charge in [-0.1, -0.05) is 6.07 Å². The highest BCUT2D eigenvalue weighted by atomic mass is 14.9. The SMILES string of the molecule is N#Cc1ncc(Nc2cccc(N)c2)cn1. The zero-order valence-corrected chi connectivity index (χ0v) is 8.38. The van der Waals surface area contributed by atoms with Crippen molar-refractivity contribution in [2.75, 3.05) is 11.1 Å². The molecule has 0 saturated heterocycles. The smallest absolute Gasteiger partial charge is 0.232 e. The topological polar surface area (TPSA) is 87.6 Å². The lowest BCUT2D eigenvalue weighted by Crippen LogP contribution is -1.95. The Balaban J connectivity index is 2.18. The van der Waals surface area contributed by atoms with Crippen LogP contribution in [0.3, 0.4) is 0 Å². The van der Waals surface area contributed by atoms with Crippen LogP contribution in [-0.4, -0.2) is 9.97 Å². The third-order valence-corrected chi connectivity index (χ3v) is 1.93. The first-order valence-electron chi connectivity index (χ1n) is 4.62. The summed E-state index contributed by atoms with van der Waals surface area (Å²) < 4.78 is 0. The van der Waals surface area contributed by atoms with E-state index in [1.54, 1.807) is 24.5 Å². The molecule has 0 radical (unpaired) electrons. The molecule has 5 heteroatoms. The van der Waals surface area contributed by atoms with E-state index in [-0.39, 0.29) is 5.82 Å². The molecule has 3 N–H and O–H groups in total. The predicted octanol–water partition coefficient (Wildman–Crippen LogP) is 1.67. The number of hydrogen-bond donors (Lipinski definition) is 2. The number of nitriles is 1. The van der Waals surface area contributed by atoms with E-state index in [9.17, 15) is 0 Å². The van der Waals surface area contributed by atoms with Gasteiger partial charge < -0.3 is 11.1 Å². The zero-order valence-electron chi connectivity index (χ0n) is 8.38. The van der Waals surface area contributed by atoms with Gasteiger partial charge in [-0.25, -0.2) is 9.97 Å². The highest BCUT2D eigenvalue weighted by Crippen LogP contribution is 2.16. The van der Waals surface area contributed by atoms with Gasteiger partial charge in [0.1, 0.15) is 6.07 Å². The average molecular weight is 211 g/mol. The zero-order chi connectivity index (χ0) is 11.4. The van der Waals surface area contributed by atoms with Crippen LogP contribution in [-0.2, 0) is 0 Å². The molecule has 5 nitrogen and oxygen atoms in total. The van der Waals surface area contributed by atoms with Gasteiger partial charge in [-0.2, -0.15) is 5.26 Å². The van der Waals surface area contributed by atoms with Gasteiger partial charge >= 0.3 is 0 Å². The maximum Gasteiger partial charge on any atom is 0.232 e. The van der Waals surface area contributed by atoms with Crippen LogP contribution in [0.25, 0.3) is 0 Å². The minimum absolute atomic E-state index is 0.151. The molecule has 2 aromatic rings. The molecule has 0 aliphatic rings. The first-order valence-corrected chi connectivity index (χ1v) is 4.62. The van der Waals surface area contributed by atoms with E-state index in [0.29, 0.717) is 11.4 Å². The molecule has 1 aromatic carbocycles. The van der Waals surface area contributed by atoms with Crippen LogP contribution in [0.5, 0.6) is 0 Å². The van der Waals surface area contributed by atoms with Crippen molar-refractivity contribution in [2.45, 2.75) is 0 Å². The molecule has 0 aliphatic carbocycles. The monoisotopic (exact) mass is 211 g/mol. The Morgan fingerprint density at radius 1 is 1.19 bits per heavy atom. The lowest BCUT2D eigenvalue weighted by Gasteiger charge is -2.05. The molecule has 0 saturated carbocycles. The summed E-state index contributed by atoms with van der Waals surface area (Å²) in [5.41, 5.74) is 7.89. The third kappa shape index (κ3) is 2.25. The van der Waals surface area contributed by atoms with Gasteiger partial charge in [-0.3, -0.25) is 0 Å². The minimum atomic E-state index is 0.151. The first-order chi connectivity index (χ1) is 7.78. The lowest BCUT2D eigenvalue weighted by atomic mass is 10.3. The molecule has 0 atom stereocenters. The number of anilines is 3. The highest BCUT2D eigenvalue weighted by Gasteiger charge is 1.97. The van der Waals surface area contributed by atoms with Crippen molar-refractivity contribution in [2.24, 2.45) is 0 Å². The number of nitrogens with one attached hydrogen (secondary N) is 1. The van der Waals surface area contributed by atoms with E-state index in [2.05, 4.69) is 15.3 Å². The van der Waals surface area contributed by atoms with Gasteiger partial charge in [-0.15, -0.1) is 0 Å². The molecule has 0 spiro atoms. The first kappa shape index (κ1) is 9.93. The second-order valence-corrected chi connectivity index (χ2v) is 3.16. The molecule has 0 aliphatic heterocycles. The Morgan fingerprint density at radius 3 is 2.56 bits per heavy atom. The Hall–Kier alpha value is -2.61. The van der Waals surface area contributed by atoms with Crippen molar-refractivity contribution in [3.63, 3.8) is 0 Å². The van der Waals surface area contributed by atoms with Crippen molar-refractivity contribution in [1.82, 2.24) is 9.97 Å². The minimum Gasteiger partial charge on any atom is -0.399 e. The van der Waals surface area contributed by atoms with E-state index >= 15 is 0 Å². The molecule has 0 amide bonds. The Bertz CT molecular complexity index is 527. The number of rotatable bonds is 2. The second kappa shape index (κ2) is 4.28. The van der Waals surface area contributed by atoms with Crippen LogP contribution < -0.4 is 11.1 Å². The molecular formula is C11H9N5. The molecule has 1 heterocycles. The van der Waals surface area contributed by atoms with Crippen molar-refractivity contribution in [1.29, 1.82) is 5.26 Å². The van der Waals surface area contributed by atoms with Crippen LogP contribution in [0.2, 0.25) is 0 Å². The summed E-state index contributed by atoms with van der Waals surface area (Å²) in [7, 11) is 0. The van der Waals surface area contributed by atoms with Gasteiger partial charge in [0.05, 0.1) is 18.1 Å². The molecule has 0 bridgehead atoms. The van der Waals surface area contributed by atoms with Gasteiger partial charge in [0.15, 0.2) is 0 Å². The number of nitrogens with two attached hydrogens (primary N) is 1. The summed E-state index contributed by atoms with van der Waals surface area (Å²) in [6, 6.07) is 9.20. The summed E-state index contributed by atoms with van der Waals surface area (Å²) in [5, 5.41) is 11.6. The van der Waals surface area contributed by atoms with Crippen molar-refractivity contribution >= 4 is 17.1 Å². The second-order valence-electron chi connectivity index (χ2n) is 3.16. The van der Waals surface area contributed by atoms with Crippen LogP contribution in [0.4, 0.5) is 17.1 Å². The molecule has 0 fully saturated rings. The Morgan fingerprint density at radius 2 is 1.94 bits per heavy atom. The van der Waals surface area contributed by atoms with Gasteiger partial charge in [0.25, 0.3) is 0 Å². The number of nitrogen functional groups attached to an aromatic ring is 1. The quantitative estimate of drug-likeness (QED) is 0.738. The molecule has 0 unspecified atom stereocenters. The van der Waals surface area contributed by atoms with E-state index in [1.807, 2.05) is 18.2 Å². The largest absolute Gasteiger partial charge is 0.399 e. The highest BCUT2D eigenvalue weighted by molar-refractivity contribution is 5.62. The van der Waals surface area contributed by atoms with Gasteiger partial charge in [0.2, 0.25) is 5.82 Å². The van der Waals surface area contributed by atoms with E-state index in [4.69, 9.17) is 11.0 Å². The number of benzene rings is 1. The number of nitrogens with zero attached hydrogens (tertiary/aromatic N) is 3. The fourth-order valence-electron chi connectivity index (χ4n) is 1.23. The van der Waals surface area contributed by atoms with Crippen molar-refractivity contribution in [3.8, 4) is 6.07 Å². The summed E-state index contributed by atoms with van der Waals surface area (Å²) in [6.07, 6.45) is 3.10. The maximum absolute atomic E-state index is 8.54. The van der Waals surface area contributed by atoms with Crippen LogP contribution in [0, 0.1) is 11.3 Å². The molecule has 2 rings (SSSR count). The third-order valence-electron chi connectivity index (χ3n) is 1.93. The Kier molecular flexibility index (Phi) is 2.65. The molecule has 1 aromatic heterocycles. The van der Waals surface area contributed by atoms with E-state index in [1.165, 1.54) is 0 Å². The summed E-state index contributed by atoms with van der Waals surface area (Å²) in [5.74, 6) is 0.151. The predicted molar refractivity (Wildman–Crippen MR) is 60.9 cm³/mol. The van der Waals surface area contributed by atoms with Crippen LogP contribution in [0.15, 0.2) is 36.7 Å². The van der Waals surface area contributed by atoms with Crippen molar-refractivity contribution < 1.29 is 0 Å². The molecule has 78 valence electrons. The maximum atomic E-state index is 8.54. The fourth-order valence-corrected chi connectivity index (χ4v) is 1.23. The van der Waals surface area contributed by atoms with Gasteiger partial charge in [-0.05, 0) is 18.2 Å². The van der Waals surface area contributed by atoms with Crippen molar-refractivity contribution in [3.05, 3.63) is 42.5 Å². The Labute approximate surface area is 92.6 Å². The fraction of sp³-hybridized carbons (Fsp3) is 0. The molecular weight excluding hydrogens is 202 g/mol. The summed E-state index contributed by atoms with van der Waals surface area (Å²) in [6.45, 7) is 0. The van der Waals surface area contributed by atoms with E-state index < -0.39 is 0 Å². The summed E-state index contributed by atoms with van der Waals surface area (Å²) in [4.78, 5) is 7.70. The average Bonchev–Trinajstić information content (AvgIpc) is 2.30.